The van der Waals surface area contributed by atoms with Crippen molar-refractivity contribution in [2.24, 2.45) is 12.8 Å². The zero-order valence-corrected chi connectivity index (χ0v) is 12.6. The summed E-state index contributed by atoms with van der Waals surface area (Å²) >= 11 is 5.95. The lowest BCUT2D eigenvalue weighted by molar-refractivity contribution is 0.0780. The summed E-state index contributed by atoms with van der Waals surface area (Å²) in [6.07, 6.45) is 1.74. The van der Waals surface area contributed by atoms with Crippen LogP contribution in [0.2, 0.25) is 5.02 Å². The van der Waals surface area contributed by atoms with E-state index in [1.54, 1.807) is 16.8 Å². The summed E-state index contributed by atoms with van der Waals surface area (Å²) < 4.78 is 1.76. The van der Waals surface area contributed by atoms with Crippen LogP contribution in [0.1, 0.15) is 22.0 Å². The van der Waals surface area contributed by atoms with Crippen LogP contribution in [0.25, 0.3) is 0 Å². The van der Waals surface area contributed by atoms with Crippen molar-refractivity contribution in [1.29, 1.82) is 0 Å². The van der Waals surface area contributed by atoms with Crippen LogP contribution in [0.4, 0.5) is 0 Å². The first-order valence-electron chi connectivity index (χ1n) is 6.98. The molecule has 0 saturated carbocycles. The van der Waals surface area contributed by atoms with E-state index in [1.807, 2.05) is 30.1 Å². The van der Waals surface area contributed by atoms with Gasteiger partial charge in [0.1, 0.15) is 5.69 Å². The second-order valence-electron chi connectivity index (χ2n) is 5.55. The van der Waals surface area contributed by atoms with E-state index < -0.39 is 0 Å². The van der Waals surface area contributed by atoms with Crippen LogP contribution in [0, 0.1) is 0 Å². The first kappa shape index (κ1) is 14.2. The van der Waals surface area contributed by atoms with Crippen LogP contribution in [-0.2, 0) is 7.05 Å². The Morgan fingerprint density at radius 1 is 1.29 bits per heavy atom. The van der Waals surface area contributed by atoms with E-state index in [0.29, 0.717) is 23.8 Å². The van der Waals surface area contributed by atoms with Gasteiger partial charge in [-0.05, 0) is 11.6 Å². The zero-order valence-electron chi connectivity index (χ0n) is 11.9. The van der Waals surface area contributed by atoms with Crippen molar-refractivity contribution in [1.82, 2.24) is 9.47 Å². The number of amides is 1. The van der Waals surface area contributed by atoms with E-state index in [4.69, 9.17) is 17.3 Å². The number of likely N-dealkylation sites (tertiary alicyclic amines) is 1. The van der Waals surface area contributed by atoms with Gasteiger partial charge in [0.25, 0.3) is 5.91 Å². The van der Waals surface area contributed by atoms with Crippen molar-refractivity contribution in [2.75, 3.05) is 13.1 Å². The summed E-state index contributed by atoms with van der Waals surface area (Å²) in [4.78, 5) is 14.4. The normalized spacial score (nSPS) is 21.8. The molecule has 2 atom stereocenters. The summed E-state index contributed by atoms with van der Waals surface area (Å²) in [5.41, 5.74) is 8.02. The number of nitrogens with two attached hydrogens (primary N) is 1. The van der Waals surface area contributed by atoms with E-state index in [2.05, 4.69) is 12.1 Å². The molecule has 0 bridgehead atoms. The SMILES string of the molecule is Cn1cc(Cl)cc1C(=O)N1C[C@@H](N)[C@H](c2ccccc2)C1. The molecule has 1 aliphatic heterocycles. The second-order valence-corrected chi connectivity index (χ2v) is 5.98. The number of aryl methyl sites for hydroxylation is 1. The molecule has 0 radical (unpaired) electrons. The first-order valence-corrected chi connectivity index (χ1v) is 7.35. The van der Waals surface area contributed by atoms with E-state index in [1.165, 1.54) is 5.56 Å². The minimum Gasteiger partial charge on any atom is -0.345 e. The van der Waals surface area contributed by atoms with Crippen LogP contribution in [-0.4, -0.2) is 34.5 Å². The van der Waals surface area contributed by atoms with Crippen molar-refractivity contribution in [2.45, 2.75) is 12.0 Å². The number of hydrogen-bond donors (Lipinski definition) is 1. The van der Waals surface area contributed by atoms with Gasteiger partial charge in [-0.15, -0.1) is 0 Å². The van der Waals surface area contributed by atoms with Gasteiger partial charge in [-0.2, -0.15) is 0 Å². The van der Waals surface area contributed by atoms with Crippen LogP contribution in [0.15, 0.2) is 42.6 Å². The molecule has 3 rings (SSSR count). The Kier molecular flexibility index (Phi) is 3.74. The largest absolute Gasteiger partial charge is 0.345 e. The van der Waals surface area contributed by atoms with Gasteiger partial charge < -0.3 is 15.2 Å². The number of hydrogen-bond acceptors (Lipinski definition) is 2. The highest BCUT2D eigenvalue weighted by Gasteiger charge is 2.34. The Hall–Kier alpha value is -1.78. The number of aromatic nitrogens is 1. The molecule has 1 fully saturated rings. The van der Waals surface area contributed by atoms with Crippen molar-refractivity contribution in [3.8, 4) is 0 Å². The number of halogens is 1. The van der Waals surface area contributed by atoms with Crippen molar-refractivity contribution >= 4 is 17.5 Å². The summed E-state index contributed by atoms with van der Waals surface area (Å²) in [6, 6.07) is 11.8. The standard InChI is InChI=1S/C16H18ClN3O/c1-19-8-12(17)7-15(19)16(21)20-9-13(14(18)10-20)11-5-3-2-4-6-11/h2-8,13-14H,9-10,18H2,1H3/t13-,14+/m0/s1. The molecule has 0 spiro atoms. The molecule has 0 unspecified atom stereocenters. The molecule has 2 N–H and O–H groups in total. The molecular formula is C16H18ClN3O. The average Bonchev–Trinajstić information content (AvgIpc) is 3.02. The third-order valence-electron chi connectivity index (χ3n) is 4.07. The number of rotatable bonds is 2. The van der Waals surface area contributed by atoms with Crippen LogP contribution < -0.4 is 5.73 Å². The monoisotopic (exact) mass is 303 g/mol. The van der Waals surface area contributed by atoms with Gasteiger partial charge in [-0.3, -0.25) is 4.79 Å². The smallest absolute Gasteiger partial charge is 0.270 e. The maximum Gasteiger partial charge on any atom is 0.270 e. The minimum absolute atomic E-state index is 0.0155. The fourth-order valence-corrected chi connectivity index (χ4v) is 3.20. The van der Waals surface area contributed by atoms with E-state index >= 15 is 0 Å². The summed E-state index contributed by atoms with van der Waals surface area (Å²) in [6.45, 7) is 1.22. The number of nitrogens with zero attached hydrogens (tertiary/aromatic N) is 2. The predicted octanol–water partition coefficient (Wildman–Crippen LogP) is 2.25. The maximum atomic E-state index is 12.6. The van der Waals surface area contributed by atoms with Gasteiger partial charge in [-0.1, -0.05) is 41.9 Å². The van der Waals surface area contributed by atoms with E-state index in [-0.39, 0.29) is 17.9 Å². The lowest BCUT2D eigenvalue weighted by Crippen LogP contribution is -2.33. The molecule has 5 heteroatoms. The average molecular weight is 304 g/mol. The third kappa shape index (κ3) is 2.69. The molecule has 1 aromatic heterocycles. The molecule has 1 saturated heterocycles. The number of benzene rings is 1. The molecule has 1 amide bonds. The third-order valence-corrected chi connectivity index (χ3v) is 4.28. The fourth-order valence-electron chi connectivity index (χ4n) is 2.95. The Morgan fingerprint density at radius 3 is 2.62 bits per heavy atom. The first-order chi connectivity index (χ1) is 10.1. The quantitative estimate of drug-likeness (QED) is 0.925. The van der Waals surface area contributed by atoms with Gasteiger partial charge in [-0.25, -0.2) is 0 Å². The number of carbonyl (C=O) groups is 1. The minimum atomic E-state index is -0.0351. The van der Waals surface area contributed by atoms with Crippen molar-refractivity contribution in [3.05, 3.63) is 58.9 Å². The Labute approximate surface area is 129 Å². The molecule has 21 heavy (non-hydrogen) atoms. The molecular weight excluding hydrogens is 286 g/mol. The summed E-state index contributed by atoms with van der Waals surface area (Å²) in [7, 11) is 1.82. The highest BCUT2D eigenvalue weighted by molar-refractivity contribution is 6.31. The second kappa shape index (κ2) is 5.54. The lowest BCUT2D eigenvalue weighted by Gasteiger charge is -2.16. The van der Waals surface area contributed by atoms with Crippen molar-refractivity contribution in [3.63, 3.8) is 0 Å². The Morgan fingerprint density at radius 2 is 2.00 bits per heavy atom. The van der Waals surface area contributed by atoms with Crippen LogP contribution in [0.3, 0.4) is 0 Å². The Bertz CT molecular complexity index is 653. The van der Waals surface area contributed by atoms with Gasteiger partial charge in [0.2, 0.25) is 0 Å². The Balaban J connectivity index is 1.80. The highest BCUT2D eigenvalue weighted by atomic mass is 35.5. The zero-order chi connectivity index (χ0) is 15.0. The van der Waals surface area contributed by atoms with Crippen molar-refractivity contribution < 1.29 is 4.79 Å². The van der Waals surface area contributed by atoms with Crippen LogP contribution >= 0.6 is 11.6 Å². The summed E-state index contributed by atoms with van der Waals surface area (Å²) in [5.74, 6) is 0.171. The fraction of sp³-hybridized carbons (Fsp3) is 0.312. The molecule has 110 valence electrons. The van der Waals surface area contributed by atoms with Gasteiger partial charge >= 0.3 is 0 Å². The lowest BCUT2D eigenvalue weighted by atomic mass is 9.95. The summed E-state index contributed by atoms with van der Waals surface area (Å²) in [5, 5.41) is 0.573. The molecule has 2 heterocycles. The van der Waals surface area contributed by atoms with Gasteiger partial charge in [0, 0.05) is 38.3 Å². The van der Waals surface area contributed by atoms with Gasteiger partial charge in [0.15, 0.2) is 0 Å². The van der Waals surface area contributed by atoms with Gasteiger partial charge in [0.05, 0.1) is 5.02 Å². The molecule has 0 aliphatic carbocycles. The molecule has 4 nitrogen and oxygen atoms in total. The van der Waals surface area contributed by atoms with E-state index in [0.717, 1.165) is 0 Å². The van der Waals surface area contributed by atoms with E-state index in [9.17, 15) is 4.79 Å². The predicted molar refractivity (Wildman–Crippen MR) is 83.5 cm³/mol. The molecule has 1 aromatic carbocycles. The number of carbonyl (C=O) groups excluding carboxylic acids is 1. The maximum absolute atomic E-state index is 12.6. The molecule has 1 aliphatic rings. The molecule has 2 aromatic rings. The highest BCUT2D eigenvalue weighted by Crippen LogP contribution is 2.27. The topological polar surface area (TPSA) is 51.3 Å². The van der Waals surface area contributed by atoms with Crippen LogP contribution in [0.5, 0.6) is 0 Å².